The summed E-state index contributed by atoms with van der Waals surface area (Å²) in [7, 11) is 0. The van der Waals surface area contributed by atoms with Crippen molar-refractivity contribution in [2.75, 3.05) is 6.54 Å². The van der Waals surface area contributed by atoms with E-state index in [9.17, 15) is 9.59 Å². The van der Waals surface area contributed by atoms with Crippen LogP contribution >= 0.6 is 0 Å². The lowest BCUT2D eigenvalue weighted by Crippen LogP contribution is -2.24. The molecule has 0 bridgehead atoms. The number of allylic oxidation sites excluding steroid dienone is 8. The van der Waals surface area contributed by atoms with Crippen LogP contribution in [0.2, 0.25) is 0 Å². The second kappa shape index (κ2) is 21.2. The molecule has 2 N–H and O–H groups in total. The van der Waals surface area contributed by atoms with E-state index in [1.54, 1.807) is 0 Å². The van der Waals surface area contributed by atoms with Crippen molar-refractivity contribution in [2.24, 2.45) is 0 Å². The third kappa shape index (κ3) is 21.9. The van der Waals surface area contributed by atoms with Gasteiger partial charge in [0.25, 0.3) is 0 Å². The molecule has 0 aromatic carbocycles. The van der Waals surface area contributed by atoms with E-state index in [2.05, 4.69) is 60.8 Å². The third-order valence-corrected chi connectivity index (χ3v) is 4.12. The van der Waals surface area contributed by atoms with Gasteiger partial charge in [0.05, 0.1) is 0 Å². The van der Waals surface area contributed by atoms with Gasteiger partial charge >= 0.3 is 5.97 Å². The Balaban J connectivity index is 3.47. The molecule has 0 saturated carbocycles. The lowest BCUT2D eigenvalue weighted by atomic mass is 10.2. The Kier molecular flexibility index (Phi) is 19.6. The van der Waals surface area contributed by atoms with Crippen molar-refractivity contribution < 1.29 is 14.7 Å². The highest BCUT2D eigenvalue weighted by Crippen LogP contribution is 2.01. The quantitative estimate of drug-likeness (QED) is 0.219. The van der Waals surface area contributed by atoms with Crippen LogP contribution in [0.25, 0.3) is 0 Å². The van der Waals surface area contributed by atoms with Crippen LogP contribution in [0.4, 0.5) is 0 Å². The minimum Gasteiger partial charge on any atom is -0.481 e. The summed E-state index contributed by atoms with van der Waals surface area (Å²) in [6, 6.07) is 0. The van der Waals surface area contributed by atoms with Crippen molar-refractivity contribution in [1.82, 2.24) is 5.32 Å². The molecule has 28 heavy (non-hydrogen) atoms. The van der Waals surface area contributed by atoms with E-state index in [0.717, 1.165) is 32.1 Å². The first-order chi connectivity index (χ1) is 13.7. The SMILES string of the molecule is CCCCC/C=C\C/C=C\C/C=C\C/C=C/CCCC(=O)NCCCC(=O)O. The zero-order valence-electron chi connectivity index (χ0n) is 17.6. The number of aliphatic carboxylic acids is 1. The predicted molar refractivity (Wildman–Crippen MR) is 118 cm³/mol. The summed E-state index contributed by atoms with van der Waals surface area (Å²) in [6.45, 7) is 2.67. The van der Waals surface area contributed by atoms with Crippen molar-refractivity contribution >= 4 is 11.9 Å². The smallest absolute Gasteiger partial charge is 0.303 e. The minimum atomic E-state index is -0.824. The maximum atomic E-state index is 11.5. The van der Waals surface area contributed by atoms with E-state index in [1.807, 2.05) is 0 Å². The summed E-state index contributed by atoms with van der Waals surface area (Å²) in [5.74, 6) is -0.823. The molecule has 0 aromatic heterocycles. The monoisotopic (exact) mass is 389 g/mol. The molecule has 158 valence electrons. The van der Waals surface area contributed by atoms with Crippen LogP contribution in [0.1, 0.15) is 84.0 Å². The molecule has 0 atom stereocenters. The number of rotatable bonds is 18. The first-order valence-electron chi connectivity index (χ1n) is 10.7. The Morgan fingerprint density at radius 2 is 1.25 bits per heavy atom. The molecule has 0 saturated heterocycles. The van der Waals surface area contributed by atoms with Gasteiger partial charge in [0.2, 0.25) is 5.91 Å². The summed E-state index contributed by atoms with van der Waals surface area (Å²) in [5, 5.41) is 11.3. The number of carbonyl (C=O) groups excluding carboxylic acids is 1. The van der Waals surface area contributed by atoms with Gasteiger partial charge in [0.15, 0.2) is 0 Å². The number of carboxylic acids is 1. The fourth-order valence-electron chi connectivity index (χ4n) is 2.50. The molecule has 0 heterocycles. The lowest BCUT2D eigenvalue weighted by Gasteiger charge is -2.02. The summed E-state index contributed by atoms with van der Waals surface area (Å²) in [6.07, 6.45) is 28.3. The lowest BCUT2D eigenvalue weighted by molar-refractivity contribution is -0.137. The second-order valence-electron chi connectivity index (χ2n) is 6.83. The van der Waals surface area contributed by atoms with Gasteiger partial charge in [-0.25, -0.2) is 0 Å². The van der Waals surface area contributed by atoms with Crippen LogP contribution in [0.5, 0.6) is 0 Å². The number of carbonyl (C=O) groups is 2. The normalized spacial score (nSPS) is 12.0. The molecule has 0 rings (SSSR count). The highest BCUT2D eigenvalue weighted by atomic mass is 16.4. The van der Waals surface area contributed by atoms with Crippen LogP contribution in [-0.4, -0.2) is 23.5 Å². The Labute approximate surface area is 171 Å². The molecule has 0 unspecified atom stereocenters. The molecule has 0 radical (unpaired) electrons. The summed E-state index contributed by atoms with van der Waals surface area (Å²) in [4.78, 5) is 21.9. The Bertz CT molecular complexity index is 504. The summed E-state index contributed by atoms with van der Waals surface area (Å²) < 4.78 is 0. The third-order valence-electron chi connectivity index (χ3n) is 4.12. The number of carboxylic acid groups (broad SMARTS) is 1. The van der Waals surface area contributed by atoms with Crippen molar-refractivity contribution in [3.8, 4) is 0 Å². The number of unbranched alkanes of at least 4 members (excludes halogenated alkanes) is 4. The minimum absolute atomic E-state index is 0.00118. The topological polar surface area (TPSA) is 66.4 Å². The fourth-order valence-corrected chi connectivity index (χ4v) is 2.50. The van der Waals surface area contributed by atoms with E-state index in [-0.39, 0.29) is 12.3 Å². The van der Waals surface area contributed by atoms with Crippen LogP contribution in [0.3, 0.4) is 0 Å². The average Bonchev–Trinajstić information content (AvgIpc) is 2.67. The van der Waals surface area contributed by atoms with Crippen LogP contribution < -0.4 is 5.32 Å². The largest absolute Gasteiger partial charge is 0.481 e. The summed E-state index contributed by atoms with van der Waals surface area (Å²) >= 11 is 0. The first kappa shape index (κ1) is 25.9. The van der Waals surface area contributed by atoms with Crippen LogP contribution in [0.15, 0.2) is 48.6 Å². The standard InChI is InChI=1S/C24H39NO3/c1-2-3-4-5-6-7-8-9-10-11-12-13-14-15-16-17-18-20-23(26)25-22-19-21-24(27)28/h6-7,9-10,12-13,15-16H,2-5,8,11,14,17-22H2,1H3,(H,25,26)(H,27,28)/b7-6-,10-9-,13-12-,16-15+. The van der Waals surface area contributed by atoms with E-state index in [1.165, 1.54) is 25.7 Å². The molecule has 0 aliphatic heterocycles. The summed E-state index contributed by atoms with van der Waals surface area (Å²) in [5.41, 5.74) is 0. The maximum absolute atomic E-state index is 11.5. The zero-order chi connectivity index (χ0) is 20.7. The Hall–Kier alpha value is -2.10. The second-order valence-corrected chi connectivity index (χ2v) is 6.83. The fraction of sp³-hybridized carbons (Fsp3) is 0.583. The number of amides is 1. The Morgan fingerprint density at radius 3 is 1.79 bits per heavy atom. The van der Waals surface area contributed by atoms with Crippen LogP contribution in [-0.2, 0) is 9.59 Å². The van der Waals surface area contributed by atoms with Crippen molar-refractivity contribution in [3.05, 3.63) is 48.6 Å². The van der Waals surface area contributed by atoms with Gasteiger partial charge in [-0.3, -0.25) is 9.59 Å². The molecular formula is C24H39NO3. The van der Waals surface area contributed by atoms with Crippen LogP contribution in [0, 0.1) is 0 Å². The maximum Gasteiger partial charge on any atom is 0.303 e. The number of hydrogen-bond acceptors (Lipinski definition) is 2. The highest BCUT2D eigenvalue weighted by molar-refractivity contribution is 5.75. The molecule has 0 fully saturated rings. The van der Waals surface area contributed by atoms with Crippen molar-refractivity contribution in [1.29, 1.82) is 0 Å². The molecule has 0 aliphatic carbocycles. The van der Waals surface area contributed by atoms with E-state index >= 15 is 0 Å². The number of nitrogens with one attached hydrogen (secondary N) is 1. The first-order valence-corrected chi connectivity index (χ1v) is 10.7. The highest BCUT2D eigenvalue weighted by Gasteiger charge is 2.00. The van der Waals surface area contributed by atoms with Gasteiger partial charge in [0, 0.05) is 19.4 Å². The molecule has 0 aliphatic rings. The van der Waals surface area contributed by atoms with E-state index in [0.29, 0.717) is 19.4 Å². The average molecular weight is 390 g/mol. The van der Waals surface area contributed by atoms with E-state index in [4.69, 9.17) is 5.11 Å². The van der Waals surface area contributed by atoms with Crippen molar-refractivity contribution in [3.63, 3.8) is 0 Å². The van der Waals surface area contributed by atoms with Crippen molar-refractivity contribution in [2.45, 2.75) is 84.0 Å². The van der Waals surface area contributed by atoms with Gasteiger partial charge in [0.1, 0.15) is 0 Å². The molecular weight excluding hydrogens is 350 g/mol. The zero-order valence-corrected chi connectivity index (χ0v) is 17.6. The molecule has 0 aromatic rings. The Morgan fingerprint density at radius 1 is 0.714 bits per heavy atom. The van der Waals surface area contributed by atoms with Gasteiger partial charge in [-0.1, -0.05) is 68.4 Å². The van der Waals surface area contributed by atoms with Gasteiger partial charge in [-0.05, 0) is 51.4 Å². The van der Waals surface area contributed by atoms with E-state index < -0.39 is 5.97 Å². The molecule has 4 nitrogen and oxygen atoms in total. The van der Waals surface area contributed by atoms with Gasteiger partial charge in [-0.2, -0.15) is 0 Å². The van der Waals surface area contributed by atoms with Gasteiger partial charge < -0.3 is 10.4 Å². The predicted octanol–water partition coefficient (Wildman–Crippen LogP) is 6.11. The molecule has 1 amide bonds. The van der Waals surface area contributed by atoms with Gasteiger partial charge in [-0.15, -0.1) is 0 Å². The number of hydrogen-bond donors (Lipinski definition) is 2. The molecule has 0 spiro atoms. The molecule has 4 heteroatoms.